The number of ketones is 1. The number of carbonyl (C=O) groups is 1. The van der Waals surface area contributed by atoms with Crippen LogP contribution in [0.5, 0.6) is 0 Å². The summed E-state index contributed by atoms with van der Waals surface area (Å²) in [5.74, 6) is -4.25. The average molecular weight is 513 g/mol. The first-order valence-corrected chi connectivity index (χ1v) is 11.4. The molecule has 4 rings (SSSR count). The van der Waals surface area contributed by atoms with Crippen LogP contribution in [0.3, 0.4) is 0 Å². The van der Waals surface area contributed by atoms with E-state index in [-0.39, 0.29) is 44.6 Å². The number of rotatable bonds is 6. The molecule has 0 spiro atoms. The van der Waals surface area contributed by atoms with Crippen LogP contribution in [0.4, 0.5) is 22.0 Å². The summed E-state index contributed by atoms with van der Waals surface area (Å²) in [6.07, 6.45) is -3.06. The van der Waals surface area contributed by atoms with E-state index in [9.17, 15) is 26.7 Å². The number of hydrogen-bond donors (Lipinski definition) is 0. The molecule has 1 unspecified atom stereocenters. The Bertz CT molecular complexity index is 1220. The normalized spacial score (nSPS) is 17.5. The number of alkyl halides is 5. The van der Waals surface area contributed by atoms with Gasteiger partial charge in [0.15, 0.2) is 5.78 Å². The van der Waals surface area contributed by atoms with Gasteiger partial charge in [0, 0.05) is 67.3 Å². The minimum atomic E-state index is -4.69. The molecule has 1 fully saturated rings. The van der Waals surface area contributed by atoms with Gasteiger partial charge in [0.2, 0.25) is 5.82 Å². The monoisotopic (exact) mass is 512 g/mol. The van der Waals surface area contributed by atoms with Crippen LogP contribution in [0.1, 0.15) is 59.0 Å². The summed E-state index contributed by atoms with van der Waals surface area (Å²) in [5, 5.41) is 0.940. The van der Waals surface area contributed by atoms with Crippen LogP contribution >= 0.6 is 11.6 Å². The molecule has 0 N–H and O–H groups in total. The molecule has 1 aliphatic rings. The number of carbonyl (C=O) groups excluding carboxylic acids is 1. The van der Waals surface area contributed by atoms with Crippen molar-refractivity contribution in [3.63, 3.8) is 0 Å². The molecule has 3 aromatic rings. The minimum Gasteiger partial charge on any atom is -0.296 e. The molecule has 1 atom stereocenters. The highest BCUT2D eigenvalue weighted by atomic mass is 35.5. The fraction of sp³-hybridized carbons (Fsp3) is 0.417. The fourth-order valence-electron chi connectivity index (χ4n) is 4.43. The first kappa shape index (κ1) is 25.4. The van der Waals surface area contributed by atoms with E-state index in [4.69, 9.17) is 11.6 Å². The first-order valence-electron chi connectivity index (χ1n) is 11.0. The predicted molar refractivity (Wildman–Crippen MR) is 121 cm³/mol. The zero-order chi connectivity index (χ0) is 25.4. The maximum absolute atomic E-state index is 13.7. The zero-order valence-electron chi connectivity index (χ0n) is 18.7. The molecule has 11 heteroatoms. The van der Waals surface area contributed by atoms with E-state index < -0.39 is 24.0 Å². The highest BCUT2D eigenvalue weighted by molar-refractivity contribution is 6.30. The van der Waals surface area contributed by atoms with Gasteiger partial charge in [-0.3, -0.25) is 9.69 Å². The van der Waals surface area contributed by atoms with E-state index in [1.165, 1.54) is 0 Å². The van der Waals surface area contributed by atoms with Crippen molar-refractivity contribution in [3.05, 3.63) is 64.3 Å². The lowest BCUT2D eigenvalue weighted by Crippen LogP contribution is -2.41. The fourth-order valence-corrected chi connectivity index (χ4v) is 4.58. The third kappa shape index (κ3) is 5.75. The van der Waals surface area contributed by atoms with Crippen LogP contribution in [0, 0.1) is 6.92 Å². The lowest BCUT2D eigenvalue weighted by atomic mass is 9.93. The number of likely N-dealkylation sites (tertiary alicyclic amines) is 1. The lowest BCUT2D eigenvalue weighted by molar-refractivity contribution is -0.145. The number of halogens is 6. The van der Waals surface area contributed by atoms with Crippen molar-refractivity contribution in [2.24, 2.45) is 0 Å². The van der Waals surface area contributed by atoms with Crippen molar-refractivity contribution in [3.8, 4) is 0 Å². The van der Waals surface area contributed by atoms with Gasteiger partial charge in [0.1, 0.15) is 5.15 Å². The number of benzene rings is 1. The molecular weight excluding hydrogens is 491 g/mol. The van der Waals surface area contributed by atoms with Gasteiger partial charge < -0.3 is 0 Å². The van der Waals surface area contributed by atoms with Crippen molar-refractivity contribution in [2.45, 2.75) is 50.7 Å². The van der Waals surface area contributed by atoms with Crippen molar-refractivity contribution < 1.29 is 26.7 Å². The van der Waals surface area contributed by atoms with E-state index in [1.54, 1.807) is 36.1 Å². The van der Waals surface area contributed by atoms with Gasteiger partial charge in [-0.1, -0.05) is 17.7 Å². The second-order valence-electron chi connectivity index (χ2n) is 8.67. The number of aryl methyl sites for hydroxylation is 1. The van der Waals surface area contributed by atoms with Crippen LogP contribution in [-0.2, 0) is 6.18 Å². The summed E-state index contributed by atoms with van der Waals surface area (Å²) < 4.78 is 66.2. The van der Waals surface area contributed by atoms with Crippen molar-refractivity contribution in [1.82, 2.24) is 19.9 Å². The van der Waals surface area contributed by atoms with Crippen molar-refractivity contribution in [2.75, 3.05) is 13.1 Å². The molecule has 35 heavy (non-hydrogen) atoms. The zero-order valence-corrected chi connectivity index (χ0v) is 19.5. The molecule has 5 nitrogen and oxygen atoms in total. The number of nitrogens with zero attached hydrogens (tertiary/aromatic N) is 4. The molecule has 0 saturated carbocycles. The molecule has 2 aromatic heterocycles. The number of pyridine rings is 1. The van der Waals surface area contributed by atoms with Crippen LogP contribution in [-0.4, -0.2) is 44.6 Å². The molecule has 1 aliphatic heterocycles. The largest absolute Gasteiger partial charge is 0.451 e. The van der Waals surface area contributed by atoms with Crippen LogP contribution in [0.25, 0.3) is 10.9 Å². The second kappa shape index (κ2) is 9.73. The third-order valence-corrected chi connectivity index (χ3v) is 6.46. The van der Waals surface area contributed by atoms with Gasteiger partial charge in [-0.2, -0.15) is 13.2 Å². The maximum Gasteiger partial charge on any atom is 0.451 e. The maximum atomic E-state index is 13.7. The van der Waals surface area contributed by atoms with Crippen LogP contribution in [0.2, 0.25) is 5.15 Å². The second-order valence-corrected chi connectivity index (χ2v) is 9.05. The molecule has 0 amide bonds. The number of hydrogen-bond acceptors (Lipinski definition) is 5. The Morgan fingerprint density at radius 2 is 1.77 bits per heavy atom. The third-order valence-electron chi connectivity index (χ3n) is 6.25. The molecule has 1 saturated heterocycles. The number of fused-ring (bicyclic) bond motifs is 1. The van der Waals surface area contributed by atoms with Gasteiger partial charge >= 0.3 is 6.18 Å². The van der Waals surface area contributed by atoms with Gasteiger partial charge in [-0.05, 0) is 37.1 Å². The molecule has 0 radical (unpaired) electrons. The van der Waals surface area contributed by atoms with Crippen molar-refractivity contribution >= 4 is 28.3 Å². The molecule has 186 valence electrons. The summed E-state index contributed by atoms with van der Waals surface area (Å²) >= 11 is 5.97. The average Bonchev–Trinajstić information content (AvgIpc) is 2.79. The highest BCUT2D eigenvalue weighted by Crippen LogP contribution is 2.35. The Balaban J connectivity index is 1.60. The first-order chi connectivity index (χ1) is 16.4. The van der Waals surface area contributed by atoms with E-state index in [2.05, 4.69) is 15.0 Å². The summed E-state index contributed by atoms with van der Waals surface area (Å²) in [7, 11) is 0. The Hall–Kier alpha value is -2.72. The van der Waals surface area contributed by atoms with Gasteiger partial charge in [-0.25, -0.2) is 23.7 Å². The Morgan fingerprint density at radius 1 is 1.11 bits per heavy atom. The summed E-state index contributed by atoms with van der Waals surface area (Å²) in [4.78, 5) is 26.1. The molecule has 1 aromatic carbocycles. The lowest BCUT2D eigenvalue weighted by Gasteiger charge is -2.37. The van der Waals surface area contributed by atoms with Gasteiger partial charge in [0.25, 0.3) is 5.92 Å². The molecular formula is C24H22ClF5N4O. The topological polar surface area (TPSA) is 59.0 Å². The molecule has 0 bridgehead atoms. The number of aromatic nitrogens is 3. The van der Waals surface area contributed by atoms with Crippen LogP contribution in [0.15, 0.2) is 36.7 Å². The quantitative estimate of drug-likeness (QED) is 0.216. The van der Waals surface area contributed by atoms with Gasteiger partial charge in [-0.15, -0.1) is 0 Å². The Kier molecular flexibility index (Phi) is 7.06. The summed E-state index contributed by atoms with van der Waals surface area (Å²) in [5.41, 5.74) is 2.15. The molecule has 0 aliphatic carbocycles. The van der Waals surface area contributed by atoms with E-state index in [0.29, 0.717) is 27.2 Å². The van der Waals surface area contributed by atoms with E-state index in [1.807, 2.05) is 0 Å². The number of Topliss-reactive ketones (excluding diaryl/α,β-unsaturated/α-hetero) is 1. The van der Waals surface area contributed by atoms with E-state index in [0.717, 1.165) is 18.0 Å². The SMILES string of the molecule is Cc1ccc2nc(Cl)ccc2c1C(=O)CCC(c1cnc(C(F)(F)F)nc1)N1CCC(F)(F)CC1. The molecule has 3 heterocycles. The van der Waals surface area contributed by atoms with E-state index >= 15 is 0 Å². The minimum absolute atomic E-state index is 0.0428. The summed E-state index contributed by atoms with van der Waals surface area (Å²) in [6.45, 7) is 1.89. The smallest absolute Gasteiger partial charge is 0.296 e. The Morgan fingerprint density at radius 3 is 2.40 bits per heavy atom. The Labute approximate surface area is 203 Å². The van der Waals surface area contributed by atoms with Crippen LogP contribution < -0.4 is 0 Å². The predicted octanol–water partition coefficient (Wildman–Crippen LogP) is 6.44. The summed E-state index contributed by atoms with van der Waals surface area (Å²) in [6, 6.07) is 6.27. The van der Waals surface area contributed by atoms with Crippen molar-refractivity contribution in [1.29, 1.82) is 0 Å². The standard InChI is InChI=1S/C24H22ClF5N4O/c1-14-2-4-17-16(3-7-20(25)33-17)21(14)19(35)6-5-18(34-10-8-23(26,27)9-11-34)15-12-31-22(32-13-15)24(28,29)30/h2-4,7,12-13,18H,5-6,8-11H2,1H3. The number of piperidine rings is 1. The van der Waals surface area contributed by atoms with Gasteiger partial charge in [0.05, 0.1) is 5.52 Å². The highest BCUT2D eigenvalue weighted by Gasteiger charge is 2.38.